The molecule has 0 aliphatic heterocycles. The lowest BCUT2D eigenvalue weighted by molar-refractivity contribution is 0.0192. The molecule has 4 rings (SSSR count). The molecule has 4 aromatic rings. The molecule has 0 saturated carbocycles. The Hall–Kier alpha value is -3.45. The molecule has 0 fully saturated rings. The second-order valence-electron chi connectivity index (χ2n) is 8.12. The van der Waals surface area contributed by atoms with Crippen LogP contribution in [0.2, 0.25) is 0 Å². The zero-order chi connectivity index (χ0) is 22.7. The van der Waals surface area contributed by atoms with Gasteiger partial charge in [0, 0.05) is 22.3 Å². The fourth-order valence-electron chi connectivity index (χ4n) is 3.08. The van der Waals surface area contributed by atoms with Crippen molar-refractivity contribution in [2.45, 2.75) is 26.4 Å². The van der Waals surface area contributed by atoms with Crippen LogP contribution in [0.5, 0.6) is 5.88 Å². The quantitative estimate of drug-likeness (QED) is 0.298. The first-order chi connectivity index (χ1) is 15.3. The minimum Gasteiger partial charge on any atom is -0.428 e. The van der Waals surface area contributed by atoms with Crippen LogP contribution < -0.4 is 4.74 Å². The number of hydrogen-bond acceptors (Lipinski definition) is 5. The smallest absolute Gasteiger partial charge is 0.428 e. The highest BCUT2D eigenvalue weighted by atomic mass is 79.9. The maximum Gasteiger partial charge on any atom is 0.515 e. The van der Waals surface area contributed by atoms with Gasteiger partial charge in [-0.05, 0) is 62.2 Å². The number of aromatic nitrogens is 3. The fourth-order valence-corrected chi connectivity index (χ4v) is 3.34. The molecule has 6 nitrogen and oxygen atoms in total. The monoisotopic (exact) mass is 491 g/mol. The number of carbonyl (C=O) groups excluding carboxylic acids is 1. The molecule has 0 aliphatic rings. The van der Waals surface area contributed by atoms with Gasteiger partial charge in [-0.15, -0.1) is 0 Å². The van der Waals surface area contributed by atoms with E-state index >= 15 is 0 Å². The molecule has 2 aromatic carbocycles. The van der Waals surface area contributed by atoms with Crippen LogP contribution in [0.3, 0.4) is 0 Å². The van der Waals surface area contributed by atoms with Gasteiger partial charge >= 0.3 is 6.16 Å². The second-order valence-corrected chi connectivity index (χ2v) is 9.04. The largest absolute Gasteiger partial charge is 0.515 e. The molecular weight excluding hydrogens is 470 g/mol. The van der Waals surface area contributed by atoms with Crippen molar-refractivity contribution in [1.82, 2.24) is 14.8 Å². The van der Waals surface area contributed by atoms with E-state index in [0.29, 0.717) is 11.5 Å². The summed E-state index contributed by atoms with van der Waals surface area (Å²) in [4.78, 5) is 16.7. The number of carbonyl (C=O) groups is 1. The predicted octanol–water partition coefficient (Wildman–Crippen LogP) is 6.68. The maximum absolute atomic E-state index is 12.3. The van der Waals surface area contributed by atoms with Gasteiger partial charge in [0.2, 0.25) is 5.88 Å². The van der Waals surface area contributed by atoms with Crippen LogP contribution in [-0.4, -0.2) is 26.5 Å². The normalized spacial score (nSPS) is 11.2. The SMILES string of the molecule is CC(C)(C)OC(=O)Oc1cc(-c2cccc(-c3ccc(Br)cc3)c2)nn1-c1ccccn1. The molecule has 32 heavy (non-hydrogen) atoms. The van der Waals surface area contributed by atoms with Crippen LogP contribution in [0, 0.1) is 0 Å². The standard InChI is InChI=1S/C25H22BrN3O3/c1-25(2,3)32-24(30)31-23-16-21(28-29(23)22-9-4-5-14-27-22)19-8-6-7-18(15-19)17-10-12-20(26)13-11-17/h4-16H,1-3H3. The molecule has 0 radical (unpaired) electrons. The summed E-state index contributed by atoms with van der Waals surface area (Å²) in [6, 6.07) is 23.3. The average Bonchev–Trinajstić information content (AvgIpc) is 3.17. The molecule has 0 spiro atoms. The summed E-state index contributed by atoms with van der Waals surface area (Å²) < 4.78 is 13.3. The molecule has 0 saturated heterocycles. The van der Waals surface area contributed by atoms with E-state index in [1.54, 1.807) is 39.1 Å². The van der Waals surface area contributed by atoms with Crippen LogP contribution in [0.4, 0.5) is 4.79 Å². The van der Waals surface area contributed by atoms with Gasteiger partial charge in [0.25, 0.3) is 0 Å². The summed E-state index contributed by atoms with van der Waals surface area (Å²) in [5.74, 6) is 0.753. The number of benzene rings is 2. The van der Waals surface area contributed by atoms with Gasteiger partial charge in [0.1, 0.15) is 5.60 Å². The van der Waals surface area contributed by atoms with E-state index in [4.69, 9.17) is 9.47 Å². The molecule has 162 valence electrons. The molecule has 2 aromatic heterocycles. The van der Waals surface area contributed by atoms with Crippen molar-refractivity contribution in [2.75, 3.05) is 0 Å². The average molecular weight is 492 g/mol. The Balaban J connectivity index is 1.72. The Morgan fingerprint density at radius 1 is 0.906 bits per heavy atom. The first kappa shape index (κ1) is 21.8. The minimum absolute atomic E-state index is 0.224. The van der Waals surface area contributed by atoms with Crippen molar-refractivity contribution in [1.29, 1.82) is 0 Å². The van der Waals surface area contributed by atoms with E-state index < -0.39 is 11.8 Å². The third kappa shape index (κ3) is 5.23. The highest BCUT2D eigenvalue weighted by Crippen LogP contribution is 2.30. The van der Waals surface area contributed by atoms with Crippen LogP contribution in [0.1, 0.15) is 20.8 Å². The van der Waals surface area contributed by atoms with Gasteiger partial charge in [-0.25, -0.2) is 9.78 Å². The Kier molecular flexibility index (Phi) is 6.10. The Labute approximate surface area is 195 Å². The van der Waals surface area contributed by atoms with Crippen molar-refractivity contribution < 1.29 is 14.3 Å². The first-order valence-corrected chi connectivity index (χ1v) is 10.9. The fraction of sp³-hybridized carbons (Fsp3) is 0.160. The highest BCUT2D eigenvalue weighted by molar-refractivity contribution is 9.10. The molecular formula is C25H22BrN3O3. The van der Waals surface area contributed by atoms with Crippen LogP contribution >= 0.6 is 15.9 Å². The van der Waals surface area contributed by atoms with Crippen molar-refractivity contribution >= 4 is 22.1 Å². The molecule has 0 aliphatic carbocycles. The van der Waals surface area contributed by atoms with Crippen LogP contribution in [0.25, 0.3) is 28.2 Å². The topological polar surface area (TPSA) is 66.2 Å². The predicted molar refractivity (Wildman–Crippen MR) is 127 cm³/mol. The van der Waals surface area contributed by atoms with Crippen molar-refractivity contribution in [2.24, 2.45) is 0 Å². The summed E-state index contributed by atoms with van der Waals surface area (Å²) in [5.41, 5.74) is 3.00. The molecule has 2 heterocycles. The Morgan fingerprint density at radius 3 is 2.34 bits per heavy atom. The van der Waals surface area contributed by atoms with Gasteiger partial charge in [0.05, 0.1) is 5.69 Å². The van der Waals surface area contributed by atoms with Gasteiger partial charge in [-0.1, -0.05) is 52.3 Å². The van der Waals surface area contributed by atoms with Crippen LogP contribution in [0.15, 0.2) is 83.5 Å². The van der Waals surface area contributed by atoms with Gasteiger partial charge < -0.3 is 9.47 Å². The molecule has 0 unspecified atom stereocenters. The first-order valence-electron chi connectivity index (χ1n) is 10.1. The number of rotatable bonds is 4. The van der Waals surface area contributed by atoms with Crippen molar-refractivity contribution in [3.8, 4) is 34.1 Å². The van der Waals surface area contributed by atoms with Gasteiger partial charge in [-0.2, -0.15) is 9.78 Å². The number of halogens is 1. The second kappa shape index (κ2) is 8.96. The van der Waals surface area contributed by atoms with Gasteiger partial charge in [-0.3, -0.25) is 0 Å². The van der Waals surface area contributed by atoms with Crippen molar-refractivity contribution in [3.63, 3.8) is 0 Å². The van der Waals surface area contributed by atoms with E-state index in [0.717, 1.165) is 21.2 Å². The van der Waals surface area contributed by atoms with E-state index in [-0.39, 0.29) is 5.88 Å². The molecule has 0 amide bonds. The third-order valence-corrected chi connectivity index (χ3v) is 4.98. The summed E-state index contributed by atoms with van der Waals surface area (Å²) >= 11 is 3.47. The third-order valence-electron chi connectivity index (χ3n) is 4.46. The lowest BCUT2D eigenvalue weighted by Gasteiger charge is -2.18. The summed E-state index contributed by atoms with van der Waals surface area (Å²) in [6.45, 7) is 5.34. The van der Waals surface area contributed by atoms with Gasteiger partial charge in [0.15, 0.2) is 5.82 Å². The lowest BCUT2D eigenvalue weighted by atomic mass is 10.0. The number of hydrogen-bond donors (Lipinski definition) is 0. The maximum atomic E-state index is 12.3. The molecule has 0 N–H and O–H groups in total. The van der Waals surface area contributed by atoms with E-state index in [2.05, 4.69) is 26.0 Å². The Bertz CT molecular complexity index is 1230. The zero-order valence-corrected chi connectivity index (χ0v) is 19.5. The number of pyridine rings is 1. The van der Waals surface area contributed by atoms with E-state index in [9.17, 15) is 4.79 Å². The zero-order valence-electron chi connectivity index (χ0n) is 17.9. The van der Waals surface area contributed by atoms with E-state index in [1.807, 2.05) is 60.7 Å². The molecule has 0 bridgehead atoms. The summed E-state index contributed by atoms with van der Waals surface area (Å²) in [7, 11) is 0. The summed E-state index contributed by atoms with van der Waals surface area (Å²) in [6.07, 6.45) is 0.854. The van der Waals surface area contributed by atoms with Crippen molar-refractivity contribution in [3.05, 3.63) is 83.5 Å². The van der Waals surface area contributed by atoms with Crippen LogP contribution in [-0.2, 0) is 4.74 Å². The molecule has 7 heteroatoms. The number of ether oxygens (including phenoxy) is 2. The molecule has 0 atom stereocenters. The minimum atomic E-state index is -0.801. The Morgan fingerprint density at radius 2 is 1.66 bits per heavy atom. The number of nitrogens with zero attached hydrogens (tertiary/aromatic N) is 3. The lowest BCUT2D eigenvalue weighted by Crippen LogP contribution is -2.26. The highest BCUT2D eigenvalue weighted by Gasteiger charge is 2.22. The van der Waals surface area contributed by atoms with E-state index in [1.165, 1.54) is 4.68 Å². The summed E-state index contributed by atoms with van der Waals surface area (Å²) in [5, 5.41) is 4.66.